The highest BCUT2D eigenvalue weighted by atomic mass is 16.5. The molecule has 3 aromatic rings. The van der Waals surface area contributed by atoms with Crippen LogP contribution in [-0.4, -0.2) is 63.6 Å². The van der Waals surface area contributed by atoms with Gasteiger partial charge in [0.1, 0.15) is 6.33 Å². The van der Waals surface area contributed by atoms with Gasteiger partial charge in [0.15, 0.2) is 0 Å². The first-order valence-corrected chi connectivity index (χ1v) is 10.0. The molecule has 0 unspecified atom stereocenters. The van der Waals surface area contributed by atoms with Crippen LogP contribution in [0.2, 0.25) is 0 Å². The van der Waals surface area contributed by atoms with E-state index >= 15 is 0 Å². The van der Waals surface area contributed by atoms with E-state index in [9.17, 15) is 0 Å². The summed E-state index contributed by atoms with van der Waals surface area (Å²) in [7, 11) is 0. The van der Waals surface area contributed by atoms with Crippen molar-refractivity contribution in [2.45, 2.75) is 31.8 Å². The molecule has 1 aromatic carbocycles. The first kappa shape index (κ1) is 17.6. The predicted molar refractivity (Wildman–Crippen MR) is 108 cm³/mol. The maximum Gasteiger partial charge on any atom is 0.200 e. The van der Waals surface area contributed by atoms with Crippen molar-refractivity contribution >= 4 is 11.3 Å². The zero-order valence-corrected chi connectivity index (χ0v) is 16.4. The van der Waals surface area contributed by atoms with Crippen LogP contribution in [0.1, 0.15) is 37.1 Å². The molecule has 7 nitrogen and oxygen atoms in total. The van der Waals surface area contributed by atoms with Crippen molar-refractivity contribution in [3.8, 4) is 0 Å². The second kappa shape index (κ2) is 7.14. The van der Waals surface area contributed by atoms with Crippen LogP contribution in [0, 0.1) is 0 Å². The van der Waals surface area contributed by atoms with E-state index in [1.807, 2.05) is 0 Å². The van der Waals surface area contributed by atoms with Gasteiger partial charge in [-0.3, -0.25) is 4.90 Å². The molecule has 0 radical (unpaired) electrons. The van der Waals surface area contributed by atoms with Gasteiger partial charge in [0, 0.05) is 19.6 Å². The molecule has 5 rings (SSSR count). The molecule has 4 heterocycles. The largest absolute Gasteiger partial charge is 0.378 e. The Kier molecular flexibility index (Phi) is 4.49. The third-order valence-electron chi connectivity index (χ3n) is 5.90. The Morgan fingerprint density at radius 1 is 1.11 bits per heavy atom. The van der Waals surface area contributed by atoms with Gasteiger partial charge < -0.3 is 9.64 Å². The van der Waals surface area contributed by atoms with Crippen LogP contribution in [-0.2, 0) is 4.74 Å². The fraction of sp³-hybridized carbons (Fsp3) is 0.476. The fourth-order valence-electron chi connectivity index (χ4n) is 4.37. The van der Waals surface area contributed by atoms with Gasteiger partial charge in [-0.15, -0.1) is 10.2 Å². The standard InChI is InChI=1S/C21H26N6O/c1-15(2)18-10-19(21-23-22-14-27(21)24-18)25-8-9-26-17(11-25)12-28-13-20(26)16-6-4-3-5-7-16/h3-7,10,14-15,17,20H,8-9,11-13H2,1-2H3/t17-,20-/m1/s1. The number of fused-ring (bicyclic) bond motifs is 2. The summed E-state index contributed by atoms with van der Waals surface area (Å²) in [5.74, 6) is 0.354. The number of benzene rings is 1. The molecule has 0 spiro atoms. The number of piperazine rings is 1. The number of morpholine rings is 1. The van der Waals surface area contributed by atoms with Crippen molar-refractivity contribution in [2.75, 3.05) is 37.7 Å². The lowest BCUT2D eigenvalue weighted by molar-refractivity contribution is -0.0547. The van der Waals surface area contributed by atoms with Crippen LogP contribution >= 0.6 is 0 Å². The Morgan fingerprint density at radius 3 is 2.79 bits per heavy atom. The van der Waals surface area contributed by atoms with Gasteiger partial charge in [-0.1, -0.05) is 44.2 Å². The van der Waals surface area contributed by atoms with Gasteiger partial charge in [-0.25, -0.2) is 0 Å². The van der Waals surface area contributed by atoms with Crippen LogP contribution in [0.5, 0.6) is 0 Å². The first-order chi connectivity index (χ1) is 13.7. The molecule has 0 amide bonds. The second-order valence-corrected chi connectivity index (χ2v) is 8.01. The van der Waals surface area contributed by atoms with Crippen LogP contribution < -0.4 is 4.90 Å². The molecule has 7 heteroatoms. The Hall–Kier alpha value is -2.51. The molecule has 0 aliphatic carbocycles. The maximum atomic E-state index is 6.01. The summed E-state index contributed by atoms with van der Waals surface area (Å²) in [6.45, 7) is 8.76. The average molecular weight is 378 g/mol. The van der Waals surface area contributed by atoms with Crippen LogP contribution in [0.4, 0.5) is 5.69 Å². The first-order valence-electron chi connectivity index (χ1n) is 10.0. The van der Waals surface area contributed by atoms with E-state index in [1.165, 1.54) is 5.56 Å². The van der Waals surface area contributed by atoms with E-state index in [4.69, 9.17) is 4.74 Å². The minimum absolute atomic E-state index is 0.332. The molecule has 2 aliphatic rings. The zero-order chi connectivity index (χ0) is 19.1. The quantitative estimate of drug-likeness (QED) is 0.698. The monoisotopic (exact) mass is 378 g/mol. The molecule has 146 valence electrons. The highest BCUT2D eigenvalue weighted by molar-refractivity contribution is 5.68. The number of hydrogen-bond acceptors (Lipinski definition) is 6. The number of aromatic nitrogens is 4. The van der Waals surface area contributed by atoms with Crippen molar-refractivity contribution in [3.63, 3.8) is 0 Å². The number of ether oxygens (including phenoxy) is 1. The predicted octanol–water partition coefficient (Wildman–Crippen LogP) is 2.51. The van der Waals surface area contributed by atoms with E-state index in [2.05, 4.69) is 75.3 Å². The molecule has 2 aromatic heterocycles. The molecule has 28 heavy (non-hydrogen) atoms. The van der Waals surface area contributed by atoms with Gasteiger partial charge in [-0.05, 0) is 17.5 Å². The maximum absolute atomic E-state index is 6.01. The van der Waals surface area contributed by atoms with E-state index in [0.717, 1.165) is 49.9 Å². The molecule has 0 bridgehead atoms. The van der Waals surface area contributed by atoms with E-state index in [1.54, 1.807) is 10.8 Å². The van der Waals surface area contributed by atoms with E-state index in [0.29, 0.717) is 18.0 Å². The Bertz CT molecular complexity index is 956. The van der Waals surface area contributed by atoms with Gasteiger partial charge in [0.2, 0.25) is 5.65 Å². The summed E-state index contributed by atoms with van der Waals surface area (Å²) in [5.41, 5.74) is 4.35. The summed E-state index contributed by atoms with van der Waals surface area (Å²) in [6.07, 6.45) is 1.69. The number of nitrogens with zero attached hydrogens (tertiary/aromatic N) is 6. The van der Waals surface area contributed by atoms with Gasteiger partial charge in [0.25, 0.3) is 0 Å². The topological polar surface area (TPSA) is 58.8 Å². The lowest BCUT2D eigenvalue weighted by Gasteiger charge is -2.48. The summed E-state index contributed by atoms with van der Waals surface area (Å²) in [6, 6.07) is 13.6. The van der Waals surface area contributed by atoms with Crippen molar-refractivity contribution < 1.29 is 4.74 Å². The summed E-state index contributed by atoms with van der Waals surface area (Å²) in [4.78, 5) is 5.04. The Labute approximate surface area is 164 Å². The third-order valence-corrected chi connectivity index (χ3v) is 5.90. The Morgan fingerprint density at radius 2 is 1.96 bits per heavy atom. The summed E-state index contributed by atoms with van der Waals surface area (Å²) < 4.78 is 7.82. The van der Waals surface area contributed by atoms with Gasteiger partial charge in [-0.2, -0.15) is 9.61 Å². The molecule has 0 N–H and O–H groups in total. The zero-order valence-electron chi connectivity index (χ0n) is 16.4. The van der Waals surface area contributed by atoms with Crippen LogP contribution in [0.15, 0.2) is 42.7 Å². The normalized spacial score (nSPS) is 23.3. The highest BCUT2D eigenvalue weighted by Crippen LogP contribution is 2.32. The SMILES string of the molecule is CC(C)c1cc(N2CCN3[C@@H](COC[C@@H]3c3ccccc3)C2)c2nncn2n1. The van der Waals surface area contributed by atoms with Crippen molar-refractivity contribution in [3.05, 3.63) is 54.0 Å². The molecular formula is C21H26N6O. The van der Waals surface area contributed by atoms with Crippen LogP contribution in [0.3, 0.4) is 0 Å². The number of hydrogen-bond donors (Lipinski definition) is 0. The number of anilines is 1. The third kappa shape index (κ3) is 3.04. The Balaban J connectivity index is 1.43. The minimum atomic E-state index is 0.332. The lowest BCUT2D eigenvalue weighted by atomic mass is 10.00. The summed E-state index contributed by atoms with van der Waals surface area (Å²) >= 11 is 0. The molecule has 0 saturated carbocycles. The van der Waals surface area contributed by atoms with Crippen molar-refractivity contribution in [1.29, 1.82) is 0 Å². The van der Waals surface area contributed by atoms with E-state index < -0.39 is 0 Å². The molecule has 2 aliphatic heterocycles. The van der Waals surface area contributed by atoms with Gasteiger partial charge >= 0.3 is 0 Å². The van der Waals surface area contributed by atoms with Crippen molar-refractivity contribution in [1.82, 2.24) is 24.7 Å². The number of rotatable bonds is 3. The minimum Gasteiger partial charge on any atom is -0.378 e. The van der Waals surface area contributed by atoms with Gasteiger partial charge in [0.05, 0.1) is 36.7 Å². The highest BCUT2D eigenvalue weighted by Gasteiger charge is 2.37. The van der Waals surface area contributed by atoms with Crippen molar-refractivity contribution in [2.24, 2.45) is 0 Å². The molecule has 2 saturated heterocycles. The van der Waals surface area contributed by atoms with E-state index in [-0.39, 0.29) is 0 Å². The molecule has 2 fully saturated rings. The van der Waals surface area contributed by atoms with Crippen LogP contribution in [0.25, 0.3) is 5.65 Å². The second-order valence-electron chi connectivity index (χ2n) is 8.01. The molecule has 2 atom stereocenters. The fourth-order valence-corrected chi connectivity index (χ4v) is 4.37. The average Bonchev–Trinajstić information content (AvgIpc) is 3.21. The molecular weight excluding hydrogens is 352 g/mol. The lowest BCUT2D eigenvalue weighted by Crippen LogP contribution is -2.59. The summed E-state index contributed by atoms with van der Waals surface area (Å²) in [5, 5.41) is 13.1. The smallest absolute Gasteiger partial charge is 0.200 e.